The number of benzene rings is 1. The van der Waals surface area contributed by atoms with E-state index in [0.717, 1.165) is 66.6 Å². The van der Waals surface area contributed by atoms with E-state index in [1.54, 1.807) is 37.9 Å². The van der Waals surface area contributed by atoms with E-state index < -0.39 is 11.9 Å². The van der Waals surface area contributed by atoms with Gasteiger partial charge in [0.05, 0.1) is 29.4 Å². The predicted molar refractivity (Wildman–Crippen MR) is 138 cm³/mol. The molecule has 0 atom stereocenters. The Morgan fingerprint density at radius 3 is 2.44 bits per heavy atom. The SMILES string of the molecule is Cn1cc(C(F)(F)F)nc1-c1ccc(Cn2ncc3cnc(-c4c(C5CC5)ncnc4N4CCC4)nc32)cc1. The van der Waals surface area contributed by atoms with Crippen LogP contribution in [0, 0.1) is 0 Å². The number of anilines is 1. The number of fused-ring (bicyclic) bond motifs is 1. The van der Waals surface area contributed by atoms with E-state index in [2.05, 4.69) is 29.9 Å². The van der Waals surface area contributed by atoms with Gasteiger partial charge in [-0.3, -0.25) is 0 Å². The lowest BCUT2D eigenvalue weighted by atomic mass is 10.1. The molecule has 2 aliphatic rings. The molecule has 0 unspecified atom stereocenters. The van der Waals surface area contributed by atoms with Gasteiger partial charge in [-0.1, -0.05) is 24.3 Å². The number of hydrogen-bond donors (Lipinski definition) is 0. The van der Waals surface area contributed by atoms with Crippen LogP contribution in [0.25, 0.3) is 33.8 Å². The number of rotatable bonds is 6. The van der Waals surface area contributed by atoms with Crippen LogP contribution in [-0.2, 0) is 19.8 Å². The molecule has 2 fully saturated rings. The van der Waals surface area contributed by atoms with Gasteiger partial charge < -0.3 is 9.47 Å². The molecule has 12 heteroatoms. The van der Waals surface area contributed by atoms with Crippen LogP contribution in [0.1, 0.15) is 42.1 Å². The Morgan fingerprint density at radius 2 is 1.77 bits per heavy atom. The van der Waals surface area contributed by atoms with E-state index in [1.807, 2.05) is 16.8 Å². The summed E-state index contributed by atoms with van der Waals surface area (Å²) in [5.74, 6) is 2.16. The van der Waals surface area contributed by atoms with E-state index in [0.29, 0.717) is 29.5 Å². The molecule has 198 valence electrons. The molecule has 39 heavy (non-hydrogen) atoms. The third-order valence-corrected chi connectivity index (χ3v) is 7.29. The Hall–Kier alpha value is -4.35. The maximum Gasteiger partial charge on any atom is 0.434 e. The van der Waals surface area contributed by atoms with Crippen LogP contribution in [-0.4, -0.2) is 52.4 Å². The molecule has 0 radical (unpaired) electrons. The van der Waals surface area contributed by atoms with E-state index >= 15 is 0 Å². The second-order valence-corrected chi connectivity index (χ2v) is 10.1. The quantitative estimate of drug-likeness (QED) is 0.310. The maximum atomic E-state index is 13.1. The summed E-state index contributed by atoms with van der Waals surface area (Å²) >= 11 is 0. The molecule has 1 saturated carbocycles. The van der Waals surface area contributed by atoms with Gasteiger partial charge in [-0.05, 0) is 24.8 Å². The zero-order chi connectivity index (χ0) is 26.7. The molecule has 1 aliphatic carbocycles. The third-order valence-electron chi connectivity index (χ3n) is 7.29. The van der Waals surface area contributed by atoms with Gasteiger partial charge in [-0.2, -0.15) is 18.3 Å². The minimum Gasteiger partial charge on any atom is -0.356 e. The van der Waals surface area contributed by atoms with Crippen molar-refractivity contribution in [1.29, 1.82) is 0 Å². The molecule has 4 aromatic heterocycles. The molecule has 0 bridgehead atoms. The zero-order valence-electron chi connectivity index (χ0n) is 21.1. The average Bonchev–Trinajstić information content (AvgIpc) is 3.55. The van der Waals surface area contributed by atoms with Crippen LogP contribution in [0.2, 0.25) is 0 Å². The molecule has 0 spiro atoms. The molecule has 7 rings (SSSR count). The first-order valence-electron chi connectivity index (χ1n) is 12.8. The van der Waals surface area contributed by atoms with Crippen molar-refractivity contribution in [3.05, 3.63) is 66.1 Å². The summed E-state index contributed by atoms with van der Waals surface area (Å²) in [5.41, 5.74) is 3.23. The van der Waals surface area contributed by atoms with Gasteiger partial charge in [0, 0.05) is 44.0 Å². The smallest absolute Gasteiger partial charge is 0.356 e. The van der Waals surface area contributed by atoms with Gasteiger partial charge in [0.25, 0.3) is 0 Å². The topological polar surface area (TPSA) is 90.4 Å². The largest absolute Gasteiger partial charge is 0.434 e. The minimum atomic E-state index is -4.49. The van der Waals surface area contributed by atoms with Gasteiger partial charge in [-0.25, -0.2) is 29.6 Å². The van der Waals surface area contributed by atoms with Crippen molar-refractivity contribution in [2.75, 3.05) is 18.0 Å². The Morgan fingerprint density at radius 1 is 0.974 bits per heavy atom. The monoisotopic (exact) mass is 531 g/mol. The molecular formula is C27H24F3N9. The normalized spacial score (nSPS) is 15.6. The van der Waals surface area contributed by atoms with E-state index in [9.17, 15) is 13.2 Å². The van der Waals surface area contributed by atoms with Crippen LogP contribution < -0.4 is 4.90 Å². The molecular weight excluding hydrogens is 507 g/mol. The number of hydrogen-bond acceptors (Lipinski definition) is 7. The van der Waals surface area contributed by atoms with Gasteiger partial charge in [0.1, 0.15) is 18.0 Å². The van der Waals surface area contributed by atoms with Gasteiger partial charge in [0.2, 0.25) is 0 Å². The Balaban J connectivity index is 1.21. The van der Waals surface area contributed by atoms with Crippen molar-refractivity contribution in [2.45, 2.75) is 37.9 Å². The highest BCUT2D eigenvalue weighted by Crippen LogP contribution is 2.45. The molecule has 1 saturated heterocycles. The van der Waals surface area contributed by atoms with Crippen molar-refractivity contribution < 1.29 is 13.2 Å². The van der Waals surface area contributed by atoms with E-state index in [4.69, 9.17) is 4.98 Å². The third kappa shape index (κ3) is 4.29. The van der Waals surface area contributed by atoms with Crippen LogP contribution in [0.5, 0.6) is 0 Å². The number of aromatic nitrogens is 8. The lowest BCUT2D eigenvalue weighted by Crippen LogP contribution is -2.38. The van der Waals surface area contributed by atoms with Gasteiger partial charge >= 0.3 is 6.18 Å². The minimum absolute atomic E-state index is 0.255. The van der Waals surface area contributed by atoms with Crippen LogP contribution in [0.15, 0.2) is 49.2 Å². The summed E-state index contributed by atoms with van der Waals surface area (Å²) in [6, 6.07) is 7.27. The molecule has 5 aromatic rings. The summed E-state index contributed by atoms with van der Waals surface area (Å²) in [4.78, 5) is 24.9. The molecule has 1 aromatic carbocycles. The second kappa shape index (κ2) is 8.85. The van der Waals surface area contributed by atoms with Crippen LogP contribution in [0.4, 0.5) is 19.0 Å². The summed E-state index contributed by atoms with van der Waals surface area (Å²) in [6.07, 6.45) is 5.02. The Kier molecular flexibility index (Phi) is 5.39. The van der Waals surface area contributed by atoms with Crippen molar-refractivity contribution in [1.82, 2.24) is 39.3 Å². The standard InChI is InChI=1S/C27H24F3N9/c1-37-14-20(27(28,29)30)35-24(37)18-5-3-16(4-6-18)13-39-25-19(12-34-39)11-31-23(36-25)21-22(17-7-8-17)32-15-33-26(21)38-9-2-10-38/h3-6,11-12,14-15,17H,2,7-10,13H2,1H3. The number of nitrogens with zero attached hydrogens (tertiary/aromatic N) is 9. The summed E-state index contributed by atoms with van der Waals surface area (Å²) in [6.45, 7) is 2.36. The first kappa shape index (κ1) is 23.7. The van der Waals surface area contributed by atoms with E-state index in [-0.39, 0.29) is 5.82 Å². The van der Waals surface area contributed by atoms with Crippen LogP contribution in [0.3, 0.4) is 0 Å². The maximum absolute atomic E-state index is 13.1. The fourth-order valence-corrected chi connectivity index (χ4v) is 4.94. The van der Waals surface area contributed by atoms with Crippen LogP contribution >= 0.6 is 0 Å². The number of aryl methyl sites for hydroxylation is 1. The van der Waals surface area contributed by atoms with Crippen molar-refractivity contribution in [2.24, 2.45) is 7.05 Å². The average molecular weight is 532 g/mol. The highest BCUT2D eigenvalue weighted by molar-refractivity contribution is 5.80. The summed E-state index contributed by atoms with van der Waals surface area (Å²) in [5, 5.41) is 5.35. The van der Waals surface area contributed by atoms with Crippen molar-refractivity contribution in [3.8, 4) is 22.8 Å². The second-order valence-electron chi connectivity index (χ2n) is 10.1. The fraction of sp³-hybridized carbons (Fsp3) is 0.333. The molecule has 0 N–H and O–H groups in total. The molecule has 5 heterocycles. The molecule has 0 amide bonds. The zero-order valence-corrected chi connectivity index (χ0v) is 21.1. The Labute approximate surface area is 221 Å². The van der Waals surface area contributed by atoms with Gasteiger partial charge in [0.15, 0.2) is 17.2 Å². The number of halogens is 3. The first-order chi connectivity index (χ1) is 18.8. The number of alkyl halides is 3. The molecule has 1 aliphatic heterocycles. The van der Waals surface area contributed by atoms with Crippen molar-refractivity contribution >= 4 is 16.9 Å². The highest BCUT2D eigenvalue weighted by Gasteiger charge is 2.35. The highest BCUT2D eigenvalue weighted by atomic mass is 19.4. The first-order valence-corrected chi connectivity index (χ1v) is 12.8. The van der Waals surface area contributed by atoms with Crippen molar-refractivity contribution in [3.63, 3.8) is 0 Å². The lowest BCUT2D eigenvalue weighted by molar-refractivity contribution is -0.140. The summed E-state index contributed by atoms with van der Waals surface area (Å²) in [7, 11) is 1.55. The predicted octanol–water partition coefficient (Wildman–Crippen LogP) is 4.84. The Bertz CT molecular complexity index is 1680. The summed E-state index contributed by atoms with van der Waals surface area (Å²) < 4.78 is 42.4. The lowest BCUT2D eigenvalue weighted by Gasteiger charge is -2.33. The fourth-order valence-electron chi connectivity index (χ4n) is 4.94. The van der Waals surface area contributed by atoms with Gasteiger partial charge in [-0.15, -0.1) is 0 Å². The number of imidazole rings is 1. The van der Waals surface area contributed by atoms with E-state index in [1.165, 1.54) is 4.57 Å². The molecule has 9 nitrogen and oxygen atoms in total.